The number of rotatable bonds is 2. The number of esters is 1. The molecule has 92 valence electrons. The molecule has 0 amide bonds. The molecule has 2 aromatic carbocycles. The zero-order valence-electron chi connectivity index (χ0n) is 9.19. The van der Waals surface area contributed by atoms with Gasteiger partial charge in [0, 0.05) is 5.02 Å². The molecule has 0 radical (unpaired) electrons. The number of para-hydroxylation sites is 1. The van der Waals surface area contributed by atoms with Crippen LogP contribution in [0.3, 0.4) is 0 Å². The van der Waals surface area contributed by atoms with E-state index in [2.05, 4.69) is 0 Å². The number of hydrogen-bond donors (Lipinski definition) is 1. The number of nitrogen functional groups attached to an aromatic ring is 1. The van der Waals surface area contributed by atoms with Crippen LogP contribution in [0, 0.1) is 5.82 Å². The predicted octanol–water partition coefficient (Wildman–Crippen LogP) is 3.28. The van der Waals surface area contributed by atoms with Crippen molar-refractivity contribution < 1.29 is 13.9 Å². The van der Waals surface area contributed by atoms with Gasteiger partial charge in [0.15, 0.2) is 0 Å². The van der Waals surface area contributed by atoms with E-state index in [9.17, 15) is 9.18 Å². The van der Waals surface area contributed by atoms with E-state index in [1.165, 1.54) is 6.07 Å². The maximum Gasteiger partial charge on any atom is 0.345 e. The summed E-state index contributed by atoms with van der Waals surface area (Å²) in [6.45, 7) is 0. The number of anilines is 1. The van der Waals surface area contributed by atoms with Crippen molar-refractivity contribution in [2.45, 2.75) is 0 Å². The molecule has 0 unspecified atom stereocenters. The van der Waals surface area contributed by atoms with Gasteiger partial charge < -0.3 is 10.5 Å². The van der Waals surface area contributed by atoms with Gasteiger partial charge in [0.05, 0.1) is 11.3 Å². The molecule has 5 heteroatoms. The summed E-state index contributed by atoms with van der Waals surface area (Å²) in [7, 11) is 0. The fourth-order valence-corrected chi connectivity index (χ4v) is 1.61. The highest BCUT2D eigenvalue weighted by molar-refractivity contribution is 6.31. The lowest BCUT2D eigenvalue weighted by atomic mass is 10.2. The molecule has 0 aliphatic rings. The topological polar surface area (TPSA) is 52.3 Å². The zero-order chi connectivity index (χ0) is 13.1. The fourth-order valence-electron chi connectivity index (χ4n) is 1.40. The average Bonchev–Trinajstić information content (AvgIpc) is 2.35. The monoisotopic (exact) mass is 265 g/mol. The van der Waals surface area contributed by atoms with Crippen molar-refractivity contribution in [2.24, 2.45) is 0 Å². The summed E-state index contributed by atoms with van der Waals surface area (Å²) in [5.74, 6) is -1.15. The lowest BCUT2D eigenvalue weighted by molar-refractivity contribution is 0.0735. The van der Waals surface area contributed by atoms with Crippen LogP contribution in [0.25, 0.3) is 0 Å². The van der Waals surface area contributed by atoms with Crippen LogP contribution in [-0.2, 0) is 0 Å². The Hall–Kier alpha value is -2.07. The molecule has 2 rings (SSSR count). The number of carbonyl (C=O) groups is 1. The van der Waals surface area contributed by atoms with E-state index in [0.29, 0.717) is 5.75 Å². The Bertz CT molecular complexity index is 587. The van der Waals surface area contributed by atoms with E-state index < -0.39 is 11.8 Å². The van der Waals surface area contributed by atoms with Gasteiger partial charge in [-0.1, -0.05) is 29.8 Å². The maximum atomic E-state index is 13.3. The Balaban J connectivity index is 2.30. The van der Waals surface area contributed by atoms with E-state index >= 15 is 0 Å². The molecule has 0 aromatic heterocycles. The van der Waals surface area contributed by atoms with Crippen LogP contribution in [-0.4, -0.2) is 5.97 Å². The number of benzene rings is 2. The first-order valence-corrected chi connectivity index (χ1v) is 5.47. The number of carbonyl (C=O) groups excluding carboxylic acids is 1. The predicted molar refractivity (Wildman–Crippen MR) is 67.2 cm³/mol. The standard InChI is InChI=1S/C13H9ClFNO2/c14-8-6-10(12(16)11(15)7-8)13(17)18-9-4-2-1-3-5-9/h1-7H,16H2. The highest BCUT2D eigenvalue weighted by Crippen LogP contribution is 2.23. The van der Waals surface area contributed by atoms with Crippen molar-refractivity contribution in [3.8, 4) is 5.75 Å². The smallest absolute Gasteiger partial charge is 0.345 e. The Labute approximate surface area is 108 Å². The van der Waals surface area contributed by atoms with Crippen molar-refractivity contribution in [3.63, 3.8) is 0 Å². The lowest BCUT2D eigenvalue weighted by Crippen LogP contribution is -2.12. The molecule has 0 heterocycles. The van der Waals surface area contributed by atoms with Gasteiger partial charge in [-0.25, -0.2) is 9.18 Å². The van der Waals surface area contributed by atoms with Gasteiger partial charge >= 0.3 is 5.97 Å². The molecule has 0 fully saturated rings. The largest absolute Gasteiger partial charge is 0.423 e. The summed E-state index contributed by atoms with van der Waals surface area (Å²) in [6, 6.07) is 10.7. The molecule has 0 spiro atoms. The van der Waals surface area contributed by atoms with Crippen LogP contribution in [0.15, 0.2) is 42.5 Å². The number of nitrogens with two attached hydrogens (primary N) is 1. The molecule has 0 aliphatic carbocycles. The third-order valence-electron chi connectivity index (χ3n) is 2.27. The molecule has 0 bridgehead atoms. The summed E-state index contributed by atoms with van der Waals surface area (Å²) in [5, 5.41) is 0.0849. The molecule has 0 saturated heterocycles. The SMILES string of the molecule is Nc1c(F)cc(Cl)cc1C(=O)Oc1ccccc1. The van der Waals surface area contributed by atoms with Crippen LogP contribution in [0.5, 0.6) is 5.75 Å². The van der Waals surface area contributed by atoms with Crippen molar-refractivity contribution in [2.75, 3.05) is 5.73 Å². The van der Waals surface area contributed by atoms with Crippen molar-refractivity contribution in [3.05, 3.63) is 58.9 Å². The average molecular weight is 266 g/mol. The molecule has 2 aromatic rings. The van der Waals surface area contributed by atoms with E-state index in [1.54, 1.807) is 30.3 Å². The second kappa shape index (κ2) is 5.06. The quantitative estimate of drug-likeness (QED) is 0.515. The Morgan fingerprint density at radius 1 is 1.22 bits per heavy atom. The van der Waals surface area contributed by atoms with Crippen molar-refractivity contribution >= 4 is 23.3 Å². The van der Waals surface area contributed by atoms with Crippen molar-refractivity contribution in [1.82, 2.24) is 0 Å². The van der Waals surface area contributed by atoms with Crippen LogP contribution >= 0.6 is 11.6 Å². The Kier molecular flexibility index (Phi) is 3.48. The molecule has 2 N–H and O–H groups in total. The van der Waals surface area contributed by atoms with Gasteiger partial charge in [-0.05, 0) is 24.3 Å². The Morgan fingerprint density at radius 2 is 1.89 bits per heavy atom. The molecule has 3 nitrogen and oxygen atoms in total. The normalized spacial score (nSPS) is 10.1. The molecule has 18 heavy (non-hydrogen) atoms. The maximum absolute atomic E-state index is 13.3. The summed E-state index contributed by atoms with van der Waals surface area (Å²) >= 11 is 5.67. The minimum Gasteiger partial charge on any atom is -0.423 e. The lowest BCUT2D eigenvalue weighted by Gasteiger charge is -2.07. The second-order valence-electron chi connectivity index (χ2n) is 3.55. The minimum atomic E-state index is -0.750. The first-order valence-electron chi connectivity index (χ1n) is 5.09. The van der Waals surface area contributed by atoms with E-state index in [4.69, 9.17) is 22.1 Å². The number of hydrogen-bond acceptors (Lipinski definition) is 3. The summed E-state index contributed by atoms with van der Waals surface area (Å²) < 4.78 is 18.4. The molecule has 0 aliphatic heterocycles. The van der Waals surface area contributed by atoms with Crippen molar-refractivity contribution in [1.29, 1.82) is 0 Å². The summed E-state index contributed by atoms with van der Waals surface area (Å²) in [6.07, 6.45) is 0. The van der Waals surface area contributed by atoms with E-state index in [1.807, 2.05) is 0 Å². The molecular weight excluding hydrogens is 257 g/mol. The first-order chi connectivity index (χ1) is 8.58. The van der Waals surface area contributed by atoms with Crippen LogP contribution < -0.4 is 10.5 Å². The first kappa shape index (κ1) is 12.4. The van der Waals surface area contributed by atoms with Gasteiger partial charge in [-0.15, -0.1) is 0 Å². The van der Waals surface area contributed by atoms with Crippen LogP contribution in [0.1, 0.15) is 10.4 Å². The van der Waals surface area contributed by atoms with Gasteiger partial charge in [-0.3, -0.25) is 0 Å². The minimum absolute atomic E-state index is 0.0849. The fraction of sp³-hybridized carbons (Fsp3) is 0. The number of halogens is 2. The third kappa shape index (κ3) is 2.60. The van der Waals surface area contributed by atoms with Gasteiger partial charge in [0.1, 0.15) is 11.6 Å². The Morgan fingerprint density at radius 3 is 2.56 bits per heavy atom. The third-order valence-corrected chi connectivity index (χ3v) is 2.49. The second-order valence-corrected chi connectivity index (χ2v) is 3.99. The molecule has 0 saturated carbocycles. The van der Waals surface area contributed by atoms with E-state index in [0.717, 1.165) is 6.07 Å². The van der Waals surface area contributed by atoms with Gasteiger partial charge in [-0.2, -0.15) is 0 Å². The van der Waals surface area contributed by atoms with Gasteiger partial charge in [0.25, 0.3) is 0 Å². The van der Waals surface area contributed by atoms with Gasteiger partial charge in [0.2, 0.25) is 0 Å². The zero-order valence-corrected chi connectivity index (χ0v) is 9.95. The summed E-state index contributed by atoms with van der Waals surface area (Å²) in [4.78, 5) is 11.8. The summed E-state index contributed by atoms with van der Waals surface area (Å²) in [5.41, 5.74) is 5.10. The van der Waals surface area contributed by atoms with E-state index in [-0.39, 0.29) is 16.3 Å². The number of ether oxygens (including phenoxy) is 1. The molecular formula is C13H9ClFNO2. The highest BCUT2D eigenvalue weighted by atomic mass is 35.5. The molecule has 0 atom stereocenters. The highest BCUT2D eigenvalue weighted by Gasteiger charge is 2.16. The van der Waals surface area contributed by atoms with Crippen LogP contribution in [0.2, 0.25) is 5.02 Å². The van der Waals surface area contributed by atoms with Crippen LogP contribution in [0.4, 0.5) is 10.1 Å².